The van der Waals surface area contributed by atoms with Gasteiger partial charge in [0.1, 0.15) is 17.5 Å². The van der Waals surface area contributed by atoms with Crippen LogP contribution in [0.4, 0.5) is 0 Å². The van der Waals surface area contributed by atoms with Gasteiger partial charge in [0.25, 0.3) is 0 Å². The van der Waals surface area contributed by atoms with Crippen molar-refractivity contribution in [1.29, 1.82) is 0 Å². The summed E-state index contributed by atoms with van der Waals surface area (Å²) in [5, 5.41) is 41.2. The molecule has 13 nitrogen and oxygen atoms in total. The van der Waals surface area contributed by atoms with E-state index in [9.17, 15) is 19.2 Å². The van der Waals surface area contributed by atoms with Gasteiger partial charge in [-0.1, -0.05) is 23.9 Å². The van der Waals surface area contributed by atoms with Gasteiger partial charge in [0, 0.05) is 6.42 Å². The number of hydrogen-bond acceptors (Lipinski definition) is 14. The van der Waals surface area contributed by atoms with Gasteiger partial charge in [-0.3, -0.25) is 8.98 Å². The van der Waals surface area contributed by atoms with Crippen molar-refractivity contribution in [3.05, 3.63) is 0 Å². The molecule has 26 heavy (non-hydrogen) atoms. The van der Waals surface area contributed by atoms with E-state index in [2.05, 4.69) is 18.7 Å². The first-order chi connectivity index (χ1) is 12.3. The molecule has 1 aliphatic heterocycles. The number of hydrogen-bond donors (Lipinski definition) is 4. The number of aliphatic hydroxyl groups is 2. The topological polar surface area (TPSA) is 180 Å². The molecule has 4 N–H and O–H groups in total. The number of carbonyl (C=O) groups excluding carboxylic acids is 1. The van der Waals surface area contributed by atoms with Crippen molar-refractivity contribution >= 4 is 29.4 Å². The van der Waals surface area contributed by atoms with Gasteiger partial charge in [-0.05, 0) is 5.92 Å². The molecule has 0 bridgehead atoms. The first kappa shape index (κ1) is 23.6. The second-order valence-electron chi connectivity index (χ2n) is 5.44. The quantitative estimate of drug-likeness (QED) is 0.109. The standard InChI is InChI=1S/C11H20O13S2/c1-5(2)3-7(13)19-9-8(20-25-23-21-15)10(26(17)24-22-16)6(4-12)18-11(9)14/h5-6,8-12,14-16H,3-4H2,1-2H3/t6-,8+,9?,10-,11-,26?/m1/s1. The Morgan fingerprint density at radius 2 is 1.96 bits per heavy atom. The van der Waals surface area contributed by atoms with Crippen molar-refractivity contribution in [3.8, 4) is 0 Å². The molecular formula is C11H20O13S2. The monoisotopic (exact) mass is 424 g/mol. The molecule has 0 aromatic rings. The van der Waals surface area contributed by atoms with Crippen LogP contribution in [-0.2, 0) is 48.3 Å². The fourth-order valence-electron chi connectivity index (χ4n) is 2.19. The van der Waals surface area contributed by atoms with Crippen LogP contribution in [0.25, 0.3) is 0 Å². The lowest BCUT2D eigenvalue weighted by Gasteiger charge is -2.41. The summed E-state index contributed by atoms with van der Waals surface area (Å²) in [5.74, 6) is -0.762. The summed E-state index contributed by atoms with van der Waals surface area (Å²) in [6.45, 7) is 2.78. The van der Waals surface area contributed by atoms with Crippen molar-refractivity contribution in [2.75, 3.05) is 6.61 Å². The number of ether oxygens (including phenoxy) is 2. The molecule has 1 aliphatic rings. The van der Waals surface area contributed by atoms with Crippen LogP contribution in [0.2, 0.25) is 0 Å². The summed E-state index contributed by atoms with van der Waals surface area (Å²) in [7, 11) is 0. The van der Waals surface area contributed by atoms with E-state index >= 15 is 0 Å². The van der Waals surface area contributed by atoms with E-state index in [0.717, 1.165) is 0 Å². The number of rotatable bonds is 11. The van der Waals surface area contributed by atoms with Crippen LogP contribution in [0, 0.1) is 5.92 Å². The molecule has 0 amide bonds. The molecule has 1 saturated heterocycles. The predicted octanol–water partition coefficient (Wildman–Crippen LogP) is -0.523. The highest BCUT2D eigenvalue weighted by molar-refractivity contribution is 7.89. The normalized spacial score (nSPS) is 30.3. The molecule has 1 heterocycles. The van der Waals surface area contributed by atoms with Gasteiger partial charge in [-0.15, -0.1) is 8.67 Å². The Morgan fingerprint density at radius 1 is 1.27 bits per heavy atom. The van der Waals surface area contributed by atoms with Crippen molar-refractivity contribution in [2.45, 2.75) is 50.1 Å². The second kappa shape index (κ2) is 12.1. The molecule has 0 aromatic heterocycles. The molecule has 0 aliphatic carbocycles. The maximum Gasteiger partial charge on any atom is 0.306 e. The van der Waals surface area contributed by atoms with E-state index < -0.39 is 53.5 Å². The average Bonchev–Trinajstić information content (AvgIpc) is 2.56. The highest BCUT2D eigenvalue weighted by Crippen LogP contribution is 2.31. The SMILES string of the molecule is CC(C)CC(=O)OC1[C@H](O)O[C@H](CO)[C@@H](S(=O)OOO)[C@H]1OSOOO. The number of esters is 1. The number of aliphatic hydroxyl groups excluding tert-OH is 2. The first-order valence-corrected chi connectivity index (χ1v) is 8.99. The predicted molar refractivity (Wildman–Crippen MR) is 81.3 cm³/mol. The van der Waals surface area contributed by atoms with Crippen molar-refractivity contribution in [2.24, 2.45) is 5.92 Å². The zero-order valence-electron chi connectivity index (χ0n) is 13.7. The highest BCUT2D eigenvalue weighted by atomic mass is 32.2. The minimum atomic E-state index is -2.49. The van der Waals surface area contributed by atoms with Crippen LogP contribution in [0.15, 0.2) is 0 Å². The smallest absolute Gasteiger partial charge is 0.306 e. The van der Waals surface area contributed by atoms with E-state index in [0.29, 0.717) is 0 Å². The van der Waals surface area contributed by atoms with E-state index in [1.807, 2.05) is 0 Å². The summed E-state index contributed by atoms with van der Waals surface area (Å²) >= 11 is -2.44. The lowest BCUT2D eigenvalue weighted by Crippen LogP contribution is -2.61. The summed E-state index contributed by atoms with van der Waals surface area (Å²) in [6.07, 6.45) is -6.04. The Balaban J connectivity index is 3.04. The first-order valence-electron chi connectivity index (χ1n) is 7.18. The van der Waals surface area contributed by atoms with Crippen molar-refractivity contribution < 1.29 is 62.1 Å². The molecule has 15 heteroatoms. The van der Waals surface area contributed by atoms with E-state index in [1.165, 1.54) is 0 Å². The Hall–Kier alpha value is -0.430. The summed E-state index contributed by atoms with van der Waals surface area (Å²) in [4.78, 5) is 11.9. The van der Waals surface area contributed by atoms with Crippen LogP contribution >= 0.6 is 12.3 Å². The van der Waals surface area contributed by atoms with Gasteiger partial charge in [0.05, 0.1) is 6.61 Å². The van der Waals surface area contributed by atoms with Gasteiger partial charge in [0.15, 0.2) is 35.8 Å². The van der Waals surface area contributed by atoms with Crippen LogP contribution < -0.4 is 0 Å². The van der Waals surface area contributed by atoms with E-state index in [-0.39, 0.29) is 24.7 Å². The highest BCUT2D eigenvalue weighted by Gasteiger charge is 2.52. The van der Waals surface area contributed by atoms with Gasteiger partial charge in [-0.25, -0.2) is 14.7 Å². The lowest BCUT2D eigenvalue weighted by atomic mass is 10.0. The Kier molecular flexibility index (Phi) is 11.0. The van der Waals surface area contributed by atoms with E-state index in [4.69, 9.17) is 24.2 Å². The van der Waals surface area contributed by atoms with Gasteiger partial charge in [0.2, 0.25) is 0 Å². The van der Waals surface area contributed by atoms with Crippen LogP contribution in [-0.4, -0.2) is 67.4 Å². The third-order valence-electron chi connectivity index (χ3n) is 3.16. The van der Waals surface area contributed by atoms with Gasteiger partial charge < -0.3 is 19.7 Å². The molecule has 0 radical (unpaired) electrons. The Morgan fingerprint density at radius 3 is 2.50 bits per heavy atom. The summed E-state index contributed by atoms with van der Waals surface area (Å²) in [5.41, 5.74) is 0. The molecule has 6 atom stereocenters. The zero-order valence-corrected chi connectivity index (χ0v) is 15.3. The van der Waals surface area contributed by atoms with Crippen LogP contribution in [0.1, 0.15) is 20.3 Å². The van der Waals surface area contributed by atoms with Gasteiger partial charge in [-0.2, -0.15) is 0 Å². The third kappa shape index (κ3) is 6.95. The Bertz CT molecular complexity index is 450. The third-order valence-corrected chi connectivity index (χ3v) is 4.79. The summed E-state index contributed by atoms with van der Waals surface area (Å²) in [6, 6.07) is 0. The Labute approximate surface area is 154 Å². The average molecular weight is 424 g/mol. The van der Waals surface area contributed by atoms with Gasteiger partial charge >= 0.3 is 5.97 Å². The minimum Gasteiger partial charge on any atom is -0.454 e. The fraction of sp³-hybridized carbons (Fsp3) is 0.909. The second-order valence-corrected chi connectivity index (χ2v) is 7.11. The molecule has 154 valence electrons. The molecule has 0 spiro atoms. The van der Waals surface area contributed by atoms with Crippen LogP contribution in [0.5, 0.6) is 0 Å². The minimum absolute atomic E-state index is 0.00672. The molecule has 0 aromatic carbocycles. The molecular weight excluding hydrogens is 404 g/mol. The molecule has 1 fully saturated rings. The van der Waals surface area contributed by atoms with Crippen LogP contribution in [0.3, 0.4) is 0 Å². The molecule has 2 unspecified atom stereocenters. The van der Waals surface area contributed by atoms with Crippen molar-refractivity contribution in [3.63, 3.8) is 0 Å². The molecule has 1 rings (SSSR count). The lowest BCUT2D eigenvalue weighted by molar-refractivity contribution is -0.436. The summed E-state index contributed by atoms with van der Waals surface area (Å²) < 4.78 is 35.6. The fourth-order valence-corrected chi connectivity index (χ4v) is 3.62. The zero-order chi connectivity index (χ0) is 19.7. The van der Waals surface area contributed by atoms with E-state index in [1.54, 1.807) is 13.8 Å². The molecule has 0 saturated carbocycles. The largest absolute Gasteiger partial charge is 0.454 e. The maximum absolute atomic E-state index is 12.1. The number of carbonyl (C=O) groups is 1. The van der Waals surface area contributed by atoms with Crippen molar-refractivity contribution in [1.82, 2.24) is 0 Å². The maximum atomic E-state index is 12.1.